The molecule has 4 heteroatoms. The van der Waals surface area contributed by atoms with E-state index in [4.69, 9.17) is 11.6 Å². The summed E-state index contributed by atoms with van der Waals surface area (Å²) in [7, 11) is 0. The summed E-state index contributed by atoms with van der Waals surface area (Å²) in [4.78, 5) is 11.6. The Hall–Kier alpha value is -2.07. The number of rotatable bonds is 9. The van der Waals surface area contributed by atoms with Crippen molar-refractivity contribution >= 4 is 29.1 Å². The average molecular weight is 439 g/mol. The number of hydrogen-bond acceptors (Lipinski definition) is 2. The third-order valence-electron chi connectivity index (χ3n) is 5.53. The third kappa shape index (κ3) is 6.21. The largest absolute Gasteiger partial charge is 0.611 e. The molecular formula is C26H27ClO2S. The predicted molar refractivity (Wildman–Crippen MR) is 126 cm³/mol. The first-order chi connectivity index (χ1) is 14.5. The Bertz CT molecular complexity index is 985. The van der Waals surface area contributed by atoms with Crippen LogP contribution >= 0.6 is 11.6 Å². The molecule has 0 aliphatic rings. The molecule has 0 bridgehead atoms. The Balaban J connectivity index is 1.68. The molecule has 0 fully saturated rings. The highest BCUT2D eigenvalue weighted by molar-refractivity contribution is 7.91. The molecule has 2 atom stereocenters. The fourth-order valence-electron chi connectivity index (χ4n) is 3.64. The van der Waals surface area contributed by atoms with Gasteiger partial charge in [0, 0.05) is 10.6 Å². The number of benzene rings is 3. The van der Waals surface area contributed by atoms with Crippen LogP contribution in [0.2, 0.25) is 5.02 Å². The smallest absolute Gasteiger partial charge is 0.152 e. The van der Waals surface area contributed by atoms with Gasteiger partial charge in [-0.25, -0.2) is 0 Å². The van der Waals surface area contributed by atoms with Crippen LogP contribution in [0.15, 0.2) is 71.6 Å². The van der Waals surface area contributed by atoms with Crippen LogP contribution in [0.25, 0.3) is 0 Å². The second-order valence-corrected chi connectivity index (χ2v) is 9.76. The average Bonchev–Trinajstić information content (AvgIpc) is 2.75. The van der Waals surface area contributed by atoms with Crippen molar-refractivity contribution in [2.75, 3.05) is 5.75 Å². The summed E-state index contributed by atoms with van der Waals surface area (Å²) >= 11 is 5.19. The first kappa shape index (κ1) is 22.6. The predicted octanol–water partition coefficient (Wildman–Crippen LogP) is 6.68. The molecule has 3 aromatic rings. The van der Waals surface area contributed by atoms with Gasteiger partial charge in [-0.05, 0) is 109 Å². The van der Waals surface area contributed by atoms with Gasteiger partial charge >= 0.3 is 0 Å². The first-order valence-corrected chi connectivity index (χ1v) is 11.9. The molecule has 0 aliphatic carbocycles. The highest BCUT2D eigenvalue weighted by Crippen LogP contribution is 2.29. The molecule has 0 aromatic heterocycles. The fraction of sp³-hybridized carbons (Fsp3) is 0.269. The maximum atomic E-state index is 12.7. The number of aldehydes is 1. The van der Waals surface area contributed by atoms with Crippen molar-refractivity contribution in [1.29, 1.82) is 0 Å². The highest BCUT2D eigenvalue weighted by atomic mass is 35.5. The quantitative estimate of drug-likeness (QED) is 0.276. The highest BCUT2D eigenvalue weighted by Gasteiger charge is 2.17. The maximum absolute atomic E-state index is 12.7. The van der Waals surface area contributed by atoms with Crippen LogP contribution in [0.1, 0.15) is 51.4 Å². The van der Waals surface area contributed by atoms with Crippen molar-refractivity contribution in [3.63, 3.8) is 0 Å². The van der Waals surface area contributed by atoms with E-state index < -0.39 is 11.2 Å². The Kier molecular flexibility index (Phi) is 8.15. The number of aryl methyl sites for hydroxylation is 2. The van der Waals surface area contributed by atoms with Gasteiger partial charge in [-0.3, -0.25) is 4.79 Å². The van der Waals surface area contributed by atoms with Crippen LogP contribution < -0.4 is 0 Å². The second-order valence-electron chi connectivity index (χ2n) is 7.75. The Morgan fingerprint density at radius 1 is 1.00 bits per heavy atom. The molecule has 0 saturated carbocycles. The molecule has 0 spiro atoms. The van der Waals surface area contributed by atoms with E-state index in [1.807, 2.05) is 18.2 Å². The lowest BCUT2D eigenvalue weighted by molar-refractivity contribution is 0.112. The van der Waals surface area contributed by atoms with Gasteiger partial charge in [-0.1, -0.05) is 41.9 Å². The number of carbonyl (C=O) groups is 1. The number of hydrogen-bond donors (Lipinski definition) is 0. The standard InChI is InChI=1S/C26H27ClO2S/c1-19-8-9-22(15-20(19)2)16-23(24-5-3-7-25(27)17-24)6-4-14-30(29)26-12-10-21(18-28)11-13-26/h3,5,7-13,15,17-18,23H,4,6,14,16H2,1-2H3. The molecule has 0 saturated heterocycles. The summed E-state index contributed by atoms with van der Waals surface area (Å²) < 4.78 is 12.7. The van der Waals surface area contributed by atoms with Gasteiger partial charge in [0.05, 0.1) is 0 Å². The van der Waals surface area contributed by atoms with Crippen LogP contribution in [0, 0.1) is 13.8 Å². The van der Waals surface area contributed by atoms with E-state index >= 15 is 0 Å². The summed E-state index contributed by atoms with van der Waals surface area (Å²) in [6, 6.07) is 21.7. The molecular weight excluding hydrogens is 412 g/mol. The van der Waals surface area contributed by atoms with Crippen molar-refractivity contribution < 1.29 is 9.35 Å². The molecule has 156 valence electrons. The van der Waals surface area contributed by atoms with Gasteiger partial charge in [0.1, 0.15) is 12.0 Å². The Morgan fingerprint density at radius 3 is 2.43 bits per heavy atom. The summed E-state index contributed by atoms with van der Waals surface area (Å²) in [5, 5.41) is 0.747. The van der Waals surface area contributed by atoms with Gasteiger partial charge in [0.25, 0.3) is 0 Å². The second kappa shape index (κ2) is 10.8. The molecule has 0 heterocycles. The van der Waals surface area contributed by atoms with E-state index in [0.29, 0.717) is 17.2 Å². The zero-order valence-corrected chi connectivity index (χ0v) is 19.0. The van der Waals surface area contributed by atoms with Gasteiger partial charge in [-0.2, -0.15) is 0 Å². The van der Waals surface area contributed by atoms with Gasteiger partial charge in [0.2, 0.25) is 0 Å². The lowest BCUT2D eigenvalue weighted by Gasteiger charge is -2.19. The summed E-state index contributed by atoms with van der Waals surface area (Å²) in [6.07, 6.45) is 3.52. The fourth-order valence-corrected chi connectivity index (χ4v) is 4.94. The van der Waals surface area contributed by atoms with E-state index in [2.05, 4.69) is 38.1 Å². The SMILES string of the molecule is Cc1ccc(CC(CCC[S+]([O-])c2ccc(C=O)cc2)c2cccc(Cl)c2)cc1C. The van der Waals surface area contributed by atoms with Crippen molar-refractivity contribution in [2.24, 2.45) is 0 Å². The van der Waals surface area contributed by atoms with Gasteiger partial charge in [0.15, 0.2) is 4.90 Å². The van der Waals surface area contributed by atoms with Crippen LogP contribution in [-0.4, -0.2) is 16.6 Å². The Labute approximate surface area is 187 Å². The van der Waals surface area contributed by atoms with Crippen LogP contribution in [0.4, 0.5) is 0 Å². The lowest BCUT2D eigenvalue weighted by atomic mass is 9.87. The molecule has 2 unspecified atom stereocenters. The summed E-state index contributed by atoms with van der Waals surface area (Å²) in [6.45, 7) is 4.27. The van der Waals surface area contributed by atoms with Crippen molar-refractivity contribution in [3.8, 4) is 0 Å². The number of carbonyl (C=O) groups excluding carboxylic acids is 1. The molecule has 3 rings (SSSR count). The van der Waals surface area contributed by atoms with Crippen LogP contribution in [-0.2, 0) is 17.6 Å². The van der Waals surface area contributed by atoms with Crippen molar-refractivity contribution in [3.05, 3.63) is 99.6 Å². The molecule has 0 N–H and O–H groups in total. The minimum Gasteiger partial charge on any atom is -0.611 e. The van der Waals surface area contributed by atoms with Gasteiger partial charge < -0.3 is 4.55 Å². The number of halogens is 1. The molecule has 3 aromatic carbocycles. The summed E-state index contributed by atoms with van der Waals surface area (Å²) in [5.74, 6) is 0.921. The molecule has 0 radical (unpaired) electrons. The molecule has 2 nitrogen and oxygen atoms in total. The van der Waals surface area contributed by atoms with Gasteiger partial charge in [-0.15, -0.1) is 0 Å². The van der Waals surface area contributed by atoms with Crippen molar-refractivity contribution in [1.82, 2.24) is 0 Å². The third-order valence-corrected chi connectivity index (χ3v) is 7.23. The lowest BCUT2D eigenvalue weighted by Crippen LogP contribution is -2.10. The zero-order chi connectivity index (χ0) is 21.5. The molecule has 30 heavy (non-hydrogen) atoms. The van der Waals surface area contributed by atoms with E-state index in [1.54, 1.807) is 24.3 Å². The van der Waals surface area contributed by atoms with Crippen LogP contribution in [0.5, 0.6) is 0 Å². The minimum absolute atomic E-state index is 0.320. The Morgan fingerprint density at radius 2 is 1.77 bits per heavy atom. The minimum atomic E-state index is -1.07. The topological polar surface area (TPSA) is 40.1 Å². The normalized spacial score (nSPS) is 13.1. The first-order valence-electron chi connectivity index (χ1n) is 10.2. The maximum Gasteiger partial charge on any atom is 0.152 e. The van der Waals surface area contributed by atoms with E-state index in [0.717, 1.165) is 35.5 Å². The van der Waals surface area contributed by atoms with Crippen LogP contribution in [0.3, 0.4) is 0 Å². The summed E-state index contributed by atoms with van der Waals surface area (Å²) in [5.41, 5.74) is 5.74. The molecule has 0 aliphatic heterocycles. The molecule has 0 amide bonds. The van der Waals surface area contributed by atoms with E-state index in [-0.39, 0.29) is 0 Å². The zero-order valence-electron chi connectivity index (χ0n) is 17.4. The van der Waals surface area contributed by atoms with Crippen molar-refractivity contribution in [2.45, 2.75) is 43.9 Å². The van der Waals surface area contributed by atoms with E-state index in [1.165, 1.54) is 22.3 Å². The van der Waals surface area contributed by atoms with E-state index in [9.17, 15) is 9.35 Å². The monoisotopic (exact) mass is 438 g/mol.